The van der Waals surface area contributed by atoms with E-state index in [2.05, 4.69) is 10.4 Å². The molecule has 8 heteroatoms. The molecule has 1 aromatic carbocycles. The van der Waals surface area contributed by atoms with Crippen LogP contribution in [0.1, 0.15) is 16.9 Å². The van der Waals surface area contributed by atoms with E-state index in [4.69, 9.17) is 28.3 Å². The molecule has 0 saturated carbocycles. The van der Waals surface area contributed by atoms with Gasteiger partial charge < -0.3 is 10.4 Å². The fourth-order valence-electron chi connectivity index (χ4n) is 1.61. The summed E-state index contributed by atoms with van der Waals surface area (Å²) in [6, 6.07) is 6.16. The Labute approximate surface area is 130 Å². The number of carbonyl (C=O) groups excluding carboxylic acids is 1. The zero-order valence-electron chi connectivity index (χ0n) is 10.7. The van der Waals surface area contributed by atoms with Crippen LogP contribution in [0.25, 0.3) is 0 Å². The third-order valence-corrected chi connectivity index (χ3v) is 3.37. The highest BCUT2D eigenvalue weighted by Gasteiger charge is 2.08. The number of nitrogens with one attached hydrogen (secondary N) is 1. The molecule has 0 aliphatic heterocycles. The molecular formula is C13H11Cl2N3O3. The normalized spacial score (nSPS) is 10.4. The van der Waals surface area contributed by atoms with Gasteiger partial charge in [-0.15, -0.1) is 0 Å². The lowest BCUT2D eigenvalue weighted by Crippen LogP contribution is -2.15. The minimum absolute atomic E-state index is 0.0557. The lowest BCUT2D eigenvalue weighted by molar-refractivity contribution is -0.116. The fraction of sp³-hybridized carbons (Fsp3) is 0.154. The summed E-state index contributed by atoms with van der Waals surface area (Å²) < 4.78 is 1.40. The number of aromatic carboxylic acids is 1. The average Bonchev–Trinajstić information content (AvgIpc) is 2.90. The topological polar surface area (TPSA) is 84.2 Å². The second-order valence-electron chi connectivity index (χ2n) is 4.20. The molecule has 1 heterocycles. The zero-order chi connectivity index (χ0) is 15.4. The highest BCUT2D eigenvalue weighted by molar-refractivity contribution is 6.42. The molecule has 21 heavy (non-hydrogen) atoms. The maximum Gasteiger partial charge on any atom is 0.356 e. The molecule has 2 N–H and O–H groups in total. The van der Waals surface area contributed by atoms with Gasteiger partial charge in [0.05, 0.1) is 10.0 Å². The Balaban J connectivity index is 1.89. The number of amides is 1. The number of aryl methyl sites for hydroxylation is 1. The van der Waals surface area contributed by atoms with Crippen LogP contribution in [-0.4, -0.2) is 26.8 Å². The Morgan fingerprint density at radius 2 is 2.00 bits per heavy atom. The maximum absolute atomic E-state index is 11.8. The first-order valence-electron chi connectivity index (χ1n) is 5.97. The average molecular weight is 328 g/mol. The van der Waals surface area contributed by atoms with E-state index in [0.717, 1.165) is 0 Å². The van der Waals surface area contributed by atoms with Crippen molar-refractivity contribution in [2.24, 2.45) is 0 Å². The van der Waals surface area contributed by atoms with E-state index in [1.807, 2.05) is 0 Å². The summed E-state index contributed by atoms with van der Waals surface area (Å²) in [6.45, 7) is 0.278. The Kier molecular flexibility index (Phi) is 4.82. The molecular weight excluding hydrogens is 317 g/mol. The monoisotopic (exact) mass is 327 g/mol. The van der Waals surface area contributed by atoms with Crippen molar-refractivity contribution in [2.45, 2.75) is 13.0 Å². The van der Waals surface area contributed by atoms with E-state index in [9.17, 15) is 9.59 Å². The van der Waals surface area contributed by atoms with Crippen molar-refractivity contribution in [1.29, 1.82) is 0 Å². The number of benzene rings is 1. The van der Waals surface area contributed by atoms with Crippen LogP contribution >= 0.6 is 23.2 Å². The standard InChI is InChI=1S/C13H11Cl2N3O3/c14-9-2-1-8(7-10(9)15)16-12(19)4-6-18-5-3-11(17-18)13(20)21/h1-3,5,7H,4,6H2,(H,16,19)(H,20,21). The first-order chi connectivity index (χ1) is 9.95. The molecule has 0 aliphatic carbocycles. The van der Waals surface area contributed by atoms with Crippen molar-refractivity contribution in [3.05, 3.63) is 46.2 Å². The molecule has 0 radical (unpaired) electrons. The number of hydrogen-bond donors (Lipinski definition) is 2. The van der Waals surface area contributed by atoms with Gasteiger partial charge >= 0.3 is 5.97 Å². The smallest absolute Gasteiger partial charge is 0.356 e. The summed E-state index contributed by atoms with van der Waals surface area (Å²) in [7, 11) is 0. The fourth-order valence-corrected chi connectivity index (χ4v) is 1.91. The molecule has 2 rings (SSSR count). The van der Waals surface area contributed by atoms with Crippen LogP contribution in [0.15, 0.2) is 30.5 Å². The Hall–Kier alpha value is -2.05. The SMILES string of the molecule is O=C(CCn1ccc(C(=O)O)n1)Nc1ccc(Cl)c(Cl)c1. The summed E-state index contributed by atoms with van der Waals surface area (Å²) in [6.07, 6.45) is 1.66. The van der Waals surface area contributed by atoms with Crippen LogP contribution < -0.4 is 5.32 Å². The van der Waals surface area contributed by atoms with Crippen LogP contribution in [-0.2, 0) is 11.3 Å². The molecule has 0 atom stereocenters. The summed E-state index contributed by atoms with van der Waals surface area (Å²) in [5.41, 5.74) is 0.487. The molecule has 0 fully saturated rings. The maximum atomic E-state index is 11.8. The molecule has 2 aromatic rings. The van der Waals surface area contributed by atoms with E-state index >= 15 is 0 Å². The van der Waals surface area contributed by atoms with Crippen LogP contribution in [0.4, 0.5) is 5.69 Å². The van der Waals surface area contributed by atoms with Crippen molar-refractivity contribution >= 4 is 40.8 Å². The zero-order valence-corrected chi connectivity index (χ0v) is 12.2. The summed E-state index contributed by atoms with van der Waals surface area (Å²) in [5, 5.41) is 16.0. The summed E-state index contributed by atoms with van der Waals surface area (Å²) in [5.74, 6) is -1.34. The molecule has 6 nitrogen and oxygen atoms in total. The Morgan fingerprint density at radius 1 is 1.24 bits per heavy atom. The molecule has 0 unspecified atom stereocenters. The van der Waals surface area contributed by atoms with E-state index in [-0.39, 0.29) is 24.6 Å². The lowest BCUT2D eigenvalue weighted by atomic mass is 10.3. The quantitative estimate of drug-likeness (QED) is 0.884. The number of carboxylic acid groups (broad SMARTS) is 1. The van der Waals surface area contributed by atoms with Gasteiger partial charge in [0, 0.05) is 24.8 Å². The number of halogens is 2. The molecule has 0 spiro atoms. The second-order valence-corrected chi connectivity index (χ2v) is 5.01. The number of hydrogen-bond acceptors (Lipinski definition) is 3. The molecule has 0 bridgehead atoms. The van der Waals surface area contributed by atoms with E-state index in [1.54, 1.807) is 18.2 Å². The number of carboxylic acids is 1. The van der Waals surface area contributed by atoms with Gasteiger partial charge in [0.15, 0.2) is 5.69 Å². The lowest BCUT2D eigenvalue weighted by Gasteiger charge is -2.06. The first kappa shape index (κ1) is 15.3. The van der Waals surface area contributed by atoms with Gasteiger partial charge in [-0.05, 0) is 24.3 Å². The van der Waals surface area contributed by atoms with Crippen LogP contribution in [0, 0.1) is 0 Å². The Bertz CT molecular complexity index is 685. The van der Waals surface area contributed by atoms with Crippen molar-refractivity contribution in [2.75, 3.05) is 5.32 Å². The highest BCUT2D eigenvalue weighted by atomic mass is 35.5. The molecule has 1 aromatic heterocycles. The second kappa shape index (κ2) is 6.60. The van der Waals surface area contributed by atoms with Crippen molar-refractivity contribution in [3.63, 3.8) is 0 Å². The van der Waals surface area contributed by atoms with Crippen molar-refractivity contribution in [3.8, 4) is 0 Å². The molecule has 0 aliphatic rings. The van der Waals surface area contributed by atoms with E-state index in [1.165, 1.54) is 16.9 Å². The molecule has 0 saturated heterocycles. The van der Waals surface area contributed by atoms with Gasteiger partial charge in [-0.25, -0.2) is 4.79 Å². The number of carbonyl (C=O) groups is 2. The van der Waals surface area contributed by atoms with Crippen LogP contribution in [0.3, 0.4) is 0 Å². The predicted octanol–water partition coefficient (Wildman–Crippen LogP) is 2.92. The first-order valence-corrected chi connectivity index (χ1v) is 6.73. The van der Waals surface area contributed by atoms with Gasteiger partial charge in [-0.2, -0.15) is 5.10 Å². The van der Waals surface area contributed by atoms with Crippen LogP contribution in [0.2, 0.25) is 10.0 Å². The van der Waals surface area contributed by atoms with E-state index < -0.39 is 5.97 Å². The van der Waals surface area contributed by atoms with Gasteiger partial charge in [0.25, 0.3) is 0 Å². The highest BCUT2D eigenvalue weighted by Crippen LogP contribution is 2.25. The summed E-state index contributed by atoms with van der Waals surface area (Å²) in [4.78, 5) is 22.5. The molecule has 110 valence electrons. The number of nitrogens with zero attached hydrogens (tertiary/aromatic N) is 2. The molecule has 1 amide bonds. The van der Waals surface area contributed by atoms with Gasteiger partial charge in [0.2, 0.25) is 5.91 Å². The minimum atomic E-state index is -1.10. The third-order valence-electron chi connectivity index (χ3n) is 2.63. The van der Waals surface area contributed by atoms with E-state index in [0.29, 0.717) is 15.7 Å². The van der Waals surface area contributed by atoms with Gasteiger partial charge in [-0.3, -0.25) is 9.48 Å². The summed E-state index contributed by atoms with van der Waals surface area (Å²) >= 11 is 11.6. The largest absolute Gasteiger partial charge is 0.476 e. The van der Waals surface area contributed by atoms with Crippen molar-refractivity contribution < 1.29 is 14.7 Å². The van der Waals surface area contributed by atoms with Gasteiger partial charge in [0.1, 0.15) is 0 Å². The third kappa shape index (κ3) is 4.21. The van der Waals surface area contributed by atoms with Crippen molar-refractivity contribution in [1.82, 2.24) is 9.78 Å². The van der Waals surface area contributed by atoms with Crippen LogP contribution in [0.5, 0.6) is 0 Å². The Morgan fingerprint density at radius 3 is 2.62 bits per heavy atom. The number of anilines is 1. The number of aromatic nitrogens is 2. The number of rotatable bonds is 5. The van der Waals surface area contributed by atoms with Gasteiger partial charge in [-0.1, -0.05) is 23.2 Å². The minimum Gasteiger partial charge on any atom is -0.476 e. The predicted molar refractivity (Wildman–Crippen MR) is 78.9 cm³/mol.